The van der Waals surface area contributed by atoms with Crippen molar-refractivity contribution in [2.24, 2.45) is 0 Å². The van der Waals surface area contributed by atoms with Crippen molar-refractivity contribution in [1.82, 2.24) is 9.88 Å². The summed E-state index contributed by atoms with van der Waals surface area (Å²) in [6.45, 7) is 5.16. The Morgan fingerprint density at radius 2 is 1.85 bits per heavy atom. The number of hydrogen-bond acceptors (Lipinski definition) is 4. The summed E-state index contributed by atoms with van der Waals surface area (Å²) in [6.07, 6.45) is 0. The van der Waals surface area contributed by atoms with Gasteiger partial charge in [0.05, 0.1) is 15.8 Å². The second-order valence-corrected chi connectivity index (χ2v) is 7.67. The maximum atomic E-state index is 14.2. The number of hydrogen-bond donors (Lipinski definition) is 0. The van der Waals surface area contributed by atoms with Gasteiger partial charge in [0.1, 0.15) is 5.82 Å². The predicted molar refractivity (Wildman–Crippen MR) is 113 cm³/mol. The maximum absolute atomic E-state index is 14.2. The second-order valence-electron chi connectivity index (χ2n) is 6.66. The highest BCUT2D eigenvalue weighted by molar-refractivity contribution is 7.22. The van der Waals surface area contributed by atoms with E-state index >= 15 is 0 Å². The van der Waals surface area contributed by atoms with Crippen LogP contribution in [-0.4, -0.2) is 43.0 Å². The summed E-state index contributed by atoms with van der Waals surface area (Å²) in [5.41, 5.74) is 3.20. The largest absolute Gasteiger partial charge is 0.308 e. The molecule has 4 nitrogen and oxygen atoms in total. The summed E-state index contributed by atoms with van der Waals surface area (Å²) in [5.74, 6) is -0.876. The Labute approximate surface area is 169 Å². The number of halogens is 2. The van der Waals surface area contributed by atoms with Gasteiger partial charge in [-0.25, -0.2) is 9.37 Å². The Morgan fingerprint density at radius 1 is 1.15 bits per heavy atom. The zero-order valence-electron chi connectivity index (χ0n) is 15.8. The number of likely N-dealkylation sites (N-methyl/N-ethyl adjacent to an activating group) is 1. The molecule has 2 aromatic carbocycles. The first-order valence-electron chi connectivity index (χ1n) is 8.45. The van der Waals surface area contributed by atoms with Crippen molar-refractivity contribution in [2.45, 2.75) is 13.8 Å². The molecule has 0 bridgehead atoms. The van der Waals surface area contributed by atoms with E-state index in [1.807, 2.05) is 32.8 Å². The zero-order chi connectivity index (χ0) is 18.8. The van der Waals surface area contributed by atoms with Crippen molar-refractivity contribution in [1.29, 1.82) is 0 Å². The van der Waals surface area contributed by atoms with Crippen LogP contribution in [0.5, 0.6) is 0 Å². The monoisotopic (exact) mass is 407 g/mol. The van der Waals surface area contributed by atoms with Crippen molar-refractivity contribution in [3.8, 4) is 0 Å². The number of nitrogens with zero attached hydrogens (tertiary/aromatic N) is 3. The minimum Gasteiger partial charge on any atom is -0.308 e. The molecule has 0 aliphatic carbocycles. The van der Waals surface area contributed by atoms with Crippen LogP contribution in [0.2, 0.25) is 0 Å². The third-order valence-electron chi connectivity index (χ3n) is 4.17. The Kier molecular flexibility index (Phi) is 6.92. The number of aromatic nitrogens is 1. The van der Waals surface area contributed by atoms with Gasteiger partial charge >= 0.3 is 0 Å². The molecular weight excluding hydrogens is 385 g/mol. The molecule has 7 heteroatoms. The van der Waals surface area contributed by atoms with Gasteiger partial charge in [0.2, 0.25) is 0 Å². The lowest BCUT2D eigenvalue weighted by Crippen LogP contribution is -2.37. The number of benzene rings is 2. The van der Waals surface area contributed by atoms with Gasteiger partial charge in [-0.3, -0.25) is 9.69 Å². The average Bonchev–Trinajstić information content (AvgIpc) is 2.99. The fraction of sp³-hybridized carbons (Fsp3) is 0.300. The van der Waals surface area contributed by atoms with Crippen molar-refractivity contribution >= 4 is 45.0 Å². The molecule has 27 heavy (non-hydrogen) atoms. The van der Waals surface area contributed by atoms with E-state index in [0.29, 0.717) is 18.2 Å². The number of amides is 1. The van der Waals surface area contributed by atoms with Crippen LogP contribution in [0.3, 0.4) is 0 Å². The van der Waals surface area contributed by atoms with E-state index < -0.39 is 5.82 Å². The lowest BCUT2D eigenvalue weighted by atomic mass is 10.1. The fourth-order valence-corrected chi connectivity index (χ4v) is 4.00. The van der Waals surface area contributed by atoms with Gasteiger partial charge in [-0.1, -0.05) is 29.5 Å². The van der Waals surface area contributed by atoms with Gasteiger partial charge in [-0.05, 0) is 57.3 Å². The Bertz CT molecular complexity index is 958. The van der Waals surface area contributed by atoms with Crippen LogP contribution in [0.4, 0.5) is 9.52 Å². The first-order valence-corrected chi connectivity index (χ1v) is 9.27. The number of anilines is 1. The Balaban J connectivity index is 0.00000261. The normalized spacial score (nSPS) is 10.9. The van der Waals surface area contributed by atoms with Crippen molar-refractivity contribution in [3.63, 3.8) is 0 Å². The molecular formula is C20H23ClFN3OS. The second kappa shape index (κ2) is 8.78. The van der Waals surface area contributed by atoms with Crippen LogP contribution in [0.25, 0.3) is 10.2 Å². The van der Waals surface area contributed by atoms with Crippen LogP contribution in [0, 0.1) is 19.7 Å². The van der Waals surface area contributed by atoms with Gasteiger partial charge in [-0.2, -0.15) is 0 Å². The molecule has 0 aliphatic heterocycles. The van der Waals surface area contributed by atoms with Crippen LogP contribution < -0.4 is 4.90 Å². The maximum Gasteiger partial charge on any atom is 0.263 e. The fourth-order valence-electron chi connectivity index (χ4n) is 2.84. The van der Waals surface area contributed by atoms with Crippen LogP contribution >= 0.6 is 23.7 Å². The molecule has 0 fully saturated rings. The molecule has 3 aromatic rings. The molecule has 0 aliphatic rings. The third kappa shape index (κ3) is 4.64. The number of fused-ring (bicyclic) bond motifs is 1. The SMILES string of the molecule is Cc1cc(C)c2nc(N(CCN(C)C)C(=O)c3ccccc3F)sc2c1.Cl. The Hall–Kier alpha value is -2.02. The highest BCUT2D eigenvalue weighted by atomic mass is 35.5. The van der Waals surface area contributed by atoms with Gasteiger partial charge in [0, 0.05) is 13.1 Å². The van der Waals surface area contributed by atoms with Crippen LogP contribution in [0.1, 0.15) is 21.5 Å². The van der Waals surface area contributed by atoms with E-state index in [1.165, 1.54) is 23.5 Å². The summed E-state index contributed by atoms with van der Waals surface area (Å²) >= 11 is 1.47. The minimum atomic E-state index is -0.513. The first kappa shape index (κ1) is 21.3. The number of thiazole rings is 1. The topological polar surface area (TPSA) is 36.4 Å². The van der Waals surface area contributed by atoms with E-state index in [4.69, 9.17) is 4.98 Å². The standard InChI is InChI=1S/C20H22FN3OS.ClH/c1-13-11-14(2)18-17(12-13)26-20(22-18)24(10-9-23(3)4)19(25)15-7-5-6-8-16(15)21;/h5-8,11-12H,9-10H2,1-4H3;1H. The molecule has 0 N–H and O–H groups in total. The number of carbonyl (C=O) groups is 1. The molecule has 0 saturated carbocycles. The molecule has 1 amide bonds. The van der Waals surface area contributed by atoms with Gasteiger partial charge in [0.15, 0.2) is 5.13 Å². The average molecular weight is 408 g/mol. The first-order chi connectivity index (χ1) is 12.4. The molecule has 3 rings (SSSR count). The van der Waals surface area contributed by atoms with Crippen molar-refractivity contribution in [2.75, 3.05) is 32.1 Å². The summed E-state index contributed by atoms with van der Waals surface area (Å²) < 4.78 is 15.2. The smallest absolute Gasteiger partial charge is 0.263 e. The summed E-state index contributed by atoms with van der Waals surface area (Å²) in [5, 5.41) is 0.601. The van der Waals surface area contributed by atoms with Gasteiger partial charge < -0.3 is 4.90 Å². The zero-order valence-corrected chi connectivity index (χ0v) is 17.5. The number of carbonyl (C=O) groups excluding carboxylic acids is 1. The summed E-state index contributed by atoms with van der Waals surface area (Å²) in [4.78, 5) is 21.3. The van der Waals surface area contributed by atoms with E-state index in [2.05, 4.69) is 12.1 Å². The van der Waals surface area contributed by atoms with E-state index in [-0.39, 0.29) is 23.9 Å². The quantitative estimate of drug-likeness (QED) is 0.616. The molecule has 1 heterocycles. The van der Waals surface area contributed by atoms with Gasteiger partial charge in [0.25, 0.3) is 5.91 Å². The van der Waals surface area contributed by atoms with Crippen molar-refractivity contribution < 1.29 is 9.18 Å². The van der Waals surface area contributed by atoms with E-state index in [9.17, 15) is 9.18 Å². The van der Waals surface area contributed by atoms with Gasteiger partial charge in [-0.15, -0.1) is 12.4 Å². The molecule has 0 spiro atoms. The minimum absolute atomic E-state index is 0. The lowest BCUT2D eigenvalue weighted by Gasteiger charge is -2.22. The highest BCUT2D eigenvalue weighted by Crippen LogP contribution is 2.32. The summed E-state index contributed by atoms with van der Waals surface area (Å²) in [7, 11) is 3.88. The van der Waals surface area contributed by atoms with E-state index in [1.54, 1.807) is 17.0 Å². The molecule has 0 radical (unpaired) electrons. The van der Waals surface area contributed by atoms with Crippen molar-refractivity contribution in [3.05, 3.63) is 58.9 Å². The third-order valence-corrected chi connectivity index (χ3v) is 5.20. The number of aryl methyl sites for hydroxylation is 2. The molecule has 0 unspecified atom stereocenters. The Morgan fingerprint density at radius 3 is 2.52 bits per heavy atom. The summed E-state index contributed by atoms with van der Waals surface area (Å²) in [6, 6.07) is 10.2. The van der Waals surface area contributed by atoms with Crippen LogP contribution in [0.15, 0.2) is 36.4 Å². The predicted octanol–water partition coefficient (Wildman–Crippen LogP) is 4.68. The highest BCUT2D eigenvalue weighted by Gasteiger charge is 2.24. The van der Waals surface area contributed by atoms with E-state index in [0.717, 1.165) is 21.3 Å². The lowest BCUT2D eigenvalue weighted by molar-refractivity contribution is 0.0981. The number of rotatable bonds is 5. The molecule has 1 aromatic heterocycles. The van der Waals surface area contributed by atoms with Crippen LogP contribution in [-0.2, 0) is 0 Å². The molecule has 0 atom stereocenters. The molecule has 144 valence electrons. The molecule has 0 saturated heterocycles.